The van der Waals surface area contributed by atoms with Crippen molar-refractivity contribution in [3.8, 4) is 0 Å². The summed E-state index contributed by atoms with van der Waals surface area (Å²) < 4.78 is 0. The molecule has 1 amide bonds. The number of carbonyl (C=O) groups is 2. The molecule has 1 aromatic heterocycles. The molecule has 4 nitrogen and oxygen atoms in total. The van der Waals surface area contributed by atoms with Crippen molar-refractivity contribution in [2.45, 2.75) is 19.3 Å². The molecule has 5 heteroatoms. The predicted octanol–water partition coefficient (Wildman–Crippen LogP) is 1.61. The number of carboxylic acid groups (broad SMARTS) is 1. The minimum atomic E-state index is -0.793. The number of carboxylic acids is 1. The van der Waals surface area contributed by atoms with Gasteiger partial charge in [0, 0.05) is 18.0 Å². The highest BCUT2D eigenvalue weighted by atomic mass is 32.1. The van der Waals surface area contributed by atoms with Gasteiger partial charge in [-0.2, -0.15) is 0 Å². The Bertz CT molecular complexity index is 402. The zero-order valence-corrected chi connectivity index (χ0v) is 10.3. The van der Waals surface area contributed by atoms with Crippen molar-refractivity contribution in [3.05, 3.63) is 22.4 Å². The molecule has 2 rings (SSSR count). The predicted molar refractivity (Wildman–Crippen MR) is 65.0 cm³/mol. The first-order valence-electron chi connectivity index (χ1n) is 5.70. The summed E-state index contributed by atoms with van der Waals surface area (Å²) in [5.74, 6) is -1.15. The van der Waals surface area contributed by atoms with Crippen molar-refractivity contribution < 1.29 is 14.7 Å². The van der Waals surface area contributed by atoms with Gasteiger partial charge in [-0.15, -0.1) is 11.3 Å². The highest BCUT2D eigenvalue weighted by Gasteiger charge is 2.27. The molecule has 1 unspecified atom stereocenters. The van der Waals surface area contributed by atoms with E-state index in [1.54, 1.807) is 16.2 Å². The van der Waals surface area contributed by atoms with Crippen LogP contribution >= 0.6 is 11.3 Å². The number of carbonyl (C=O) groups excluding carboxylic acids is 1. The standard InChI is InChI=1S/C12H15NO3S/c14-11(7-10-4-2-6-17-10)13-5-1-3-9(8-13)12(15)16/h2,4,6,9H,1,3,5,7-8H2,(H,15,16). The SMILES string of the molecule is O=C(O)C1CCCN(C(=O)Cc2cccs2)C1. The molecule has 0 spiro atoms. The number of amides is 1. The first-order valence-corrected chi connectivity index (χ1v) is 6.58. The van der Waals surface area contributed by atoms with Crippen LogP contribution in [-0.2, 0) is 16.0 Å². The molecule has 92 valence electrons. The number of hydrogen-bond donors (Lipinski definition) is 1. The van der Waals surface area contributed by atoms with Crippen LogP contribution in [0.3, 0.4) is 0 Å². The van der Waals surface area contributed by atoms with Crippen LogP contribution in [0.5, 0.6) is 0 Å². The van der Waals surface area contributed by atoms with Crippen molar-refractivity contribution in [1.29, 1.82) is 0 Å². The fourth-order valence-corrected chi connectivity index (χ4v) is 2.78. The van der Waals surface area contributed by atoms with E-state index in [0.29, 0.717) is 25.9 Å². The van der Waals surface area contributed by atoms with Crippen LogP contribution in [0.15, 0.2) is 17.5 Å². The molecule has 0 saturated carbocycles. The van der Waals surface area contributed by atoms with E-state index >= 15 is 0 Å². The second-order valence-electron chi connectivity index (χ2n) is 4.27. The Labute approximate surface area is 104 Å². The summed E-state index contributed by atoms with van der Waals surface area (Å²) in [5, 5.41) is 10.9. The maximum Gasteiger partial charge on any atom is 0.308 e. The van der Waals surface area contributed by atoms with Crippen LogP contribution in [0, 0.1) is 5.92 Å². The second kappa shape index (κ2) is 5.31. The van der Waals surface area contributed by atoms with Gasteiger partial charge in [-0.05, 0) is 24.3 Å². The van der Waals surface area contributed by atoms with Crippen molar-refractivity contribution in [2.24, 2.45) is 5.92 Å². The van der Waals surface area contributed by atoms with Gasteiger partial charge in [-0.25, -0.2) is 0 Å². The summed E-state index contributed by atoms with van der Waals surface area (Å²) in [4.78, 5) is 25.6. The first-order chi connectivity index (χ1) is 8.16. The molecule has 1 fully saturated rings. The minimum absolute atomic E-state index is 0.0402. The first kappa shape index (κ1) is 12.1. The Morgan fingerprint density at radius 2 is 2.35 bits per heavy atom. The summed E-state index contributed by atoms with van der Waals surface area (Å²) in [7, 11) is 0. The average molecular weight is 253 g/mol. The quantitative estimate of drug-likeness (QED) is 0.890. The van der Waals surface area contributed by atoms with E-state index in [0.717, 1.165) is 11.3 Å². The largest absolute Gasteiger partial charge is 0.481 e. The van der Waals surface area contributed by atoms with E-state index in [1.165, 1.54) is 0 Å². The summed E-state index contributed by atoms with van der Waals surface area (Å²) in [6, 6.07) is 3.85. The van der Waals surface area contributed by atoms with E-state index in [9.17, 15) is 9.59 Å². The third-order valence-electron chi connectivity index (χ3n) is 3.03. The Kier molecular flexibility index (Phi) is 3.78. The number of nitrogens with zero attached hydrogens (tertiary/aromatic N) is 1. The van der Waals surface area contributed by atoms with E-state index < -0.39 is 11.9 Å². The lowest BCUT2D eigenvalue weighted by atomic mass is 9.98. The normalized spacial score (nSPS) is 20.2. The van der Waals surface area contributed by atoms with Crippen molar-refractivity contribution in [2.75, 3.05) is 13.1 Å². The maximum absolute atomic E-state index is 12.0. The van der Waals surface area contributed by atoms with Crippen LogP contribution in [0.1, 0.15) is 17.7 Å². The average Bonchev–Trinajstić information content (AvgIpc) is 2.82. The molecule has 1 aromatic rings. The zero-order valence-electron chi connectivity index (χ0n) is 9.46. The molecule has 1 N–H and O–H groups in total. The third kappa shape index (κ3) is 3.06. The Balaban J connectivity index is 1.93. The molecule has 2 heterocycles. The summed E-state index contributed by atoms with van der Waals surface area (Å²) in [6.07, 6.45) is 1.86. The van der Waals surface area contributed by atoms with Crippen molar-refractivity contribution in [3.63, 3.8) is 0 Å². The highest BCUT2D eigenvalue weighted by molar-refractivity contribution is 7.10. The second-order valence-corrected chi connectivity index (χ2v) is 5.31. The smallest absolute Gasteiger partial charge is 0.308 e. The lowest BCUT2D eigenvalue weighted by Crippen LogP contribution is -2.42. The Morgan fingerprint density at radius 3 is 3.00 bits per heavy atom. The van der Waals surface area contributed by atoms with Gasteiger partial charge in [0.2, 0.25) is 5.91 Å². The van der Waals surface area contributed by atoms with Gasteiger partial charge in [0.1, 0.15) is 0 Å². The molecular weight excluding hydrogens is 238 g/mol. The molecule has 0 aromatic carbocycles. The molecule has 0 bridgehead atoms. The number of likely N-dealkylation sites (tertiary alicyclic amines) is 1. The van der Waals surface area contributed by atoms with Crippen molar-refractivity contribution >= 4 is 23.2 Å². The Hall–Kier alpha value is -1.36. The number of rotatable bonds is 3. The molecule has 0 radical (unpaired) electrons. The van der Waals surface area contributed by atoms with Gasteiger partial charge >= 0.3 is 5.97 Å². The van der Waals surface area contributed by atoms with Crippen molar-refractivity contribution in [1.82, 2.24) is 4.90 Å². The van der Waals surface area contributed by atoms with Gasteiger partial charge in [0.15, 0.2) is 0 Å². The summed E-state index contributed by atoms with van der Waals surface area (Å²) in [5.41, 5.74) is 0. The van der Waals surface area contributed by atoms with Gasteiger partial charge in [-0.3, -0.25) is 9.59 Å². The van der Waals surface area contributed by atoms with Crippen LogP contribution in [0.2, 0.25) is 0 Å². The number of piperidine rings is 1. The number of aliphatic carboxylic acids is 1. The third-order valence-corrected chi connectivity index (χ3v) is 3.91. The molecule has 1 saturated heterocycles. The fraction of sp³-hybridized carbons (Fsp3) is 0.500. The summed E-state index contributed by atoms with van der Waals surface area (Å²) in [6.45, 7) is 1.05. The van der Waals surface area contributed by atoms with E-state index in [1.807, 2.05) is 17.5 Å². The highest BCUT2D eigenvalue weighted by Crippen LogP contribution is 2.18. The molecule has 1 aliphatic rings. The van der Waals surface area contributed by atoms with E-state index in [-0.39, 0.29) is 5.91 Å². The molecule has 1 atom stereocenters. The summed E-state index contributed by atoms with van der Waals surface area (Å²) >= 11 is 1.56. The van der Waals surface area contributed by atoms with Crippen LogP contribution in [0.25, 0.3) is 0 Å². The van der Waals surface area contributed by atoms with Gasteiger partial charge in [0.05, 0.1) is 12.3 Å². The molecule has 0 aliphatic carbocycles. The molecular formula is C12H15NO3S. The van der Waals surface area contributed by atoms with Gasteiger partial charge in [0.25, 0.3) is 0 Å². The lowest BCUT2D eigenvalue weighted by Gasteiger charge is -2.30. The lowest BCUT2D eigenvalue weighted by molar-refractivity contribution is -0.145. The Morgan fingerprint density at radius 1 is 1.53 bits per heavy atom. The fourth-order valence-electron chi connectivity index (χ4n) is 2.08. The monoisotopic (exact) mass is 253 g/mol. The molecule has 1 aliphatic heterocycles. The minimum Gasteiger partial charge on any atom is -0.481 e. The molecule has 17 heavy (non-hydrogen) atoms. The van der Waals surface area contributed by atoms with Crippen LogP contribution in [0.4, 0.5) is 0 Å². The topological polar surface area (TPSA) is 57.6 Å². The number of thiophene rings is 1. The van der Waals surface area contributed by atoms with Gasteiger partial charge in [-0.1, -0.05) is 6.07 Å². The van der Waals surface area contributed by atoms with E-state index in [2.05, 4.69) is 0 Å². The van der Waals surface area contributed by atoms with Crippen LogP contribution < -0.4 is 0 Å². The number of hydrogen-bond acceptors (Lipinski definition) is 3. The van der Waals surface area contributed by atoms with Crippen LogP contribution in [-0.4, -0.2) is 35.0 Å². The van der Waals surface area contributed by atoms with E-state index in [4.69, 9.17) is 5.11 Å². The maximum atomic E-state index is 12.0. The zero-order chi connectivity index (χ0) is 12.3. The van der Waals surface area contributed by atoms with Gasteiger partial charge < -0.3 is 10.0 Å².